The molecular weight excluding hydrogens is 172 g/mol. The van der Waals surface area contributed by atoms with Gasteiger partial charge in [0, 0.05) is 12.8 Å². The average Bonchev–Trinajstić information content (AvgIpc) is 2.04. The van der Waals surface area contributed by atoms with Crippen LogP contribution in [-0.4, -0.2) is 24.6 Å². The van der Waals surface area contributed by atoms with E-state index in [2.05, 4.69) is 0 Å². The molecule has 0 aromatic heterocycles. The van der Waals surface area contributed by atoms with E-state index in [1.54, 1.807) is 0 Å². The van der Waals surface area contributed by atoms with E-state index in [-0.39, 0.29) is 24.5 Å². The van der Waals surface area contributed by atoms with E-state index in [1.807, 2.05) is 6.92 Å². The summed E-state index contributed by atoms with van der Waals surface area (Å²) < 4.78 is 9.78. The minimum atomic E-state index is -0.277. The highest BCUT2D eigenvalue weighted by Crippen LogP contribution is 2.12. The van der Waals surface area contributed by atoms with Crippen molar-refractivity contribution in [2.75, 3.05) is 6.61 Å². The number of hydrogen-bond acceptors (Lipinski definition) is 4. The van der Waals surface area contributed by atoms with Crippen LogP contribution in [0.3, 0.4) is 0 Å². The minimum absolute atomic E-state index is 0.204. The Hall–Kier alpha value is -1.06. The predicted molar refractivity (Wildman–Crippen MR) is 45.0 cm³/mol. The minimum Gasteiger partial charge on any atom is -0.465 e. The molecule has 1 heterocycles. The summed E-state index contributed by atoms with van der Waals surface area (Å²) in [6.45, 7) is 2.28. The summed E-state index contributed by atoms with van der Waals surface area (Å²) in [7, 11) is 0. The Bertz CT molecular complexity index is 200. The van der Waals surface area contributed by atoms with Crippen LogP contribution in [0.1, 0.15) is 32.6 Å². The van der Waals surface area contributed by atoms with Gasteiger partial charge in [-0.05, 0) is 6.42 Å². The molecule has 1 unspecified atom stereocenters. The number of hydrogen-bond donors (Lipinski definition) is 0. The van der Waals surface area contributed by atoms with E-state index in [9.17, 15) is 9.59 Å². The number of rotatable bonds is 3. The molecule has 13 heavy (non-hydrogen) atoms. The van der Waals surface area contributed by atoms with Crippen LogP contribution in [0.5, 0.6) is 0 Å². The lowest BCUT2D eigenvalue weighted by atomic mass is 10.1. The smallest absolute Gasteiger partial charge is 0.309 e. The van der Waals surface area contributed by atoms with Gasteiger partial charge in [-0.15, -0.1) is 0 Å². The van der Waals surface area contributed by atoms with Gasteiger partial charge in [-0.2, -0.15) is 0 Å². The molecular formula is C9H14O4. The Morgan fingerprint density at radius 1 is 1.69 bits per heavy atom. The number of esters is 2. The SMILES string of the molecule is CCCC(=O)OC1CCOC(=O)C1. The van der Waals surface area contributed by atoms with Gasteiger partial charge in [0.25, 0.3) is 0 Å². The lowest BCUT2D eigenvalue weighted by molar-refractivity contribution is -0.162. The molecule has 1 rings (SSSR count). The van der Waals surface area contributed by atoms with Crippen LogP contribution < -0.4 is 0 Å². The first-order valence-corrected chi connectivity index (χ1v) is 4.57. The van der Waals surface area contributed by atoms with Gasteiger partial charge in [-0.3, -0.25) is 9.59 Å². The van der Waals surface area contributed by atoms with Crippen LogP contribution in [0.15, 0.2) is 0 Å². The molecule has 0 radical (unpaired) electrons. The lowest BCUT2D eigenvalue weighted by Gasteiger charge is -2.21. The maximum absolute atomic E-state index is 11.0. The maximum Gasteiger partial charge on any atom is 0.309 e. The third-order valence-corrected chi connectivity index (χ3v) is 1.85. The molecule has 1 saturated heterocycles. The summed E-state index contributed by atoms with van der Waals surface area (Å²) in [5.74, 6) is -0.497. The Morgan fingerprint density at radius 2 is 2.46 bits per heavy atom. The van der Waals surface area contributed by atoms with Gasteiger partial charge in [-0.25, -0.2) is 0 Å². The summed E-state index contributed by atoms with van der Waals surface area (Å²) in [5, 5.41) is 0. The number of cyclic esters (lactones) is 1. The Morgan fingerprint density at radius 3 is 3.08 bits per heavy atom. The highest BCUT2D eigenvalue weighted by atomic mass is 16.6. The molecule has 0 amide bonds. The average molecular weight is 186 g/mol. The first-order chi connectivity index (χ1) is 6.22. The maximum atomic E-state index is 11.0. The van der Waals surface area contributed by atoms with Crippen LogP contribution in [0, 0.1) is 0 Å². The molecule has 0 N–H and O–H groups in total. The van der Waals surface area contributed by atoms with E-state index in [1.165, 1.54) is 0 Å². The molecule has 74 valence electrons. The quantitative estimate of drug-likeness (QED) is 0.618. The molecule has 0 saturated carbocycles. The van der Waals surface area contributed by atoms with Crippen molar-refractivity contribution < 1.29 is 19.1 Å². The van der Waals surface area contributed by atoms with E-state index in [0.29, 0.717) is 19.4 Å². The predicted octanol–water partition coefficient (Wildman–Crippen LogP) is 1.04. The Labute approximate surface area is 77.2 Å². The summed E-state index contributed by atoms with van der Waals surface area (Å²) in [6.07, 6.45) is 1.76. The number of carbonyl (C=O) groups is 2. The first-order valence-electron chi connectivity index (χ1n) is 4.57. The molecule has 0 bridgehead atoms. The fourth-order valence-electron chi connectivity index (χ4n) is 1.20. The molecule has 0 spiro atoms. The van der Waals surface area contributed by atoms with E-state index < -0.39 is 0 Å². The highest BCUT2D eigenvalue weighted by Gasteiger charge is 2.23. The fourth-order valence-corrected chi connectivity index (χ4v) is 1.20. The van der Waals surface area contributed by atoms with Gasteiger partial charge in [-0.1, -0.05) is 6.92 Å². The Kier molecular flexibility index (Phi) is 3.73. The van der Waals surface area contributed by atoms with Crippen molar-refractivity contribution in [3.8, 4) is 0 Å². The molecule has 0 aliphatic carbocycles. The van der Waals surface area contributed by atoms with Crippen LogP contribution in [-0.2, 0) is 19.1 Å². The van der Waals surface area contributed by atoms with Crippen LogP contribution in [0.25, 0.3) is 0 Å². The fraction of sp³-hybridized carbons (Fsp3) is 0.778. The van der Waals surface area contributed by atoms with E-state index in [4.69, 9.17) is 9.47 Å². The van der Waals surface area contributed by atoms with Crippen molar-refractivity contribution in [1.29, 1.82) is 0 Å². The molecule has 1 atom stereocenters. The highest BCUT2D eigenvalue weighted by molar-refractivity contribution is 5.73. The van der Waals surface area contributed by atoms with E-state index >= 15 is 0 Å². The first kappa shape index (κ1) is 10.0. The van der Waals surface area contributed by atoms with Crippen molar-refractivity contribution in [3.63, 3.8) is 0 Å². The van der Waals surface area contributed by atoms with Gasteiger partial charge < -0.3 is 9.47 Å². The Balaban J connectivity index is 2.27. The van der Waals surface area contributed by atoms with Gasteiger partial charge in [0.2, 0.25) is 0 Å². The molecule has 1 fully saturated rings. The molecule has 1 aliphatic rings. The molecule has 0 aromatic carbocycles. The summed E-state index contributed by atoms with van der Waals surface area (Å²) >= 11 is 0. The van der Waals surface area contributed by atoms with Gasteiger partial charge in [0.1, 0.15) is 6.10 Å². The molecule has 1 aliphatic heterocycles. The standard InChI is InChI=1S/C9H14O4/c1-2-3-8(10)13-7-4-5-12-9(11)6-7/h7H,2-6H2,1H3. The number of ether oxygens (including phenoxy) is 2. The van der Waals surface area contributed by atoms with Gasteiger partial charge in [0.05, 0.1) is 13.0 Å². The van der Waals surface area contributed by atoms with Crippen LogP contribution in [0.2, 0.25) is 0 Å². The zero-order valence-corrected chi connectivity index (χ0v) is 7.75. The third-order valence-electron chi connectivity index (χ3n) is 1.85. The zero-order valence-electron chi connectivity index (χ0n) is 7.75. The summed E-state index contributed by atoms with van der Waals surface area (Å²) in [4.78, 5) is 21.8. The molecule has 4 nitrogen and oxygen atoms in total. The number of carbonyl (C=O) groups excluding carboxylic acids is 2. The second-order valence-corrected chi connectivity index (χ2v) is 3.08. The normalized spacial score (nSPS) is 22.2. The molecule has 4 heteroatoms. The molecule has 0 aromatic rings. The van der Waals surface area contributed by atoms with Gasteiger partial charge >= 0.3 is 11.9 Å². The third kappa shape index (κ3) is 3.44. The lowest BCUT2D eigenvalue weighted by Crippen LogP contribution is -2.29. The van der Waals surface area contributed by atoms with Crippen molar-refractivity contribution in [2.45, 2.75) is 38.7 Å². The van der Waals surface area contributed by atoms with E-state index in [0.717, 1.165) is 6.42 Å². The summed E-state index contributed by atoms with van der Waals surface area (Å²) in [5.41, 5.74) is 0. The van der Waals surface area contributed by atoms with Crippen LogP contribution >= 0.6 is 0 Å². The van der Waals surface area contributed by atoms with Crippen LogP contribution in [0.4, 0.5) is 0 Å². The largest absolute Gasteiger partial charge is 0.465 e. The monoisotopic (exact) mass is 186 g/mol. The topological polar surface area (TPSA) is 52.6 Å². The van der Waals surface area contributed by atoms with Crippen molar-refractivity contribution in [1.82, 2.24) is 0 Å². The zero-order chi connectivity index (χ0) is 9.68. The second-order valence-electron chi connectivity index (χ2n) is 3.08. The van der Waals surface area contributed by atoms with Crippen molar-refractivity contribution >= 4 is 11.9 Å². The summed E-state index contributed by atoms with van der Waals surface area (Å²) in [6, 6.07) is 0. The van der Waals surface area contributed by atoms with Crippen molar-refractivity contribution in [2.24, 2.45) is 0 Å². The van der Waals surface area contributed by atoms with Crippen molar-refractivity contribution in [3.05, 3.63) is 0 Å². The van der Waals surface area contributed by atoms with Gasteiger partial charge in [0.15, 0.2) is 0 Å². The second kappa shape index (κ2) is 4.84.